The third kappa shape index (κ3) is 2.05. The van der Waals surface area contributed by atoms with Crippen molar-refractivity contribution in [2.75, 3.05) is 6.61 Å². The van der Waals surface area contributed by atoms with Crippen LogP contribution in [-0.2, 0) is 6.42 Å². The molecular formula is C9H10BrFO. The Labute approximate surface area is 79.4 Å². The van der Waals surface area contributed by atoms with Crippen molar-refractivity contribution in [3.05, 3.63) is 33.5 Å². The van der Waals surface area contributed by atoms with E-state index in [2.05, 4.69) is 15.9 Å². The van der Waals surface area contributed by atoms with Gasteiger partial charge in [-0.25, -0.2) is 4.39 Å². The van der Waals surface area contributed by atoms with Gasteiger partial charge in [-0.05, 0) is 52.5 Å². The normalized spacial score (nSPS) is 10.3. The summed E-state index contributed by atoms with van der Waals surface area (Å²) in [5, 5.41) is 8.70. The molecular weight excluding hydrogens is 223 g/mol. The largest absolute Gasteiger partial charge is 0.396 e. The zero-order valence-electron chi connectivity index (χ0n) is 6.77. The van der Waals surface area contributed by atoms with Crippen molar-refractivity contribution in [2.45, 2.75) is 13.3 Å². The molecule has 0 amide bonds. The molecule has 1 nitrogen and oxygen atoms in total. The summed E-state index contributed by atoms with van der Waals surface area (Å²) in [4.78, 5) is 0. The SMILES string of the molecule is Cc1cc(F)c(Br)cc1CCO. The minimum atomic E-state index is -0.255. The van der Waals surface area contributed by atoms with Gasteiger partial charge in [-0.15, -0.1) is 0 Å². The molecule has 0 fully saturated rings. The monoisotopic (exact) mass is 232 g/mol. The van der Waals surface area contributed by atoms with Gasteiger partial charge in [-0.2, -0.15) is 0 Å². The lowest BCUT2D eigenvalue weighted by Crippen LogP contribution is -1.95. The van der Waals surface area contributed by atoms with E-state index in [0.29, 0.717) is 10.9 Å². The predicted octanol–water partition coefficient (Wildman–Crippen LogP) is 2.43. The Balaban J connectivity index is 3.05. The van der Waals surface area contributed by atoms with E-state index < -0.39 is 0 Å². The van der Waals surface area contributed by atoms with Crippen molar-refractivity contribution in [1.29, 1.82) is 0 Å². The Bertz CT molecular complexity index is 286. The second-order valence-corrected chi connectivity index (χ2v) is 3.52. The second kappa shape index (κ2) is 4.01. The number of aliphatic hydroxyl groups is 1. The predicted molar refractivity (Wildman–Crippen MR) is 49.6 cm³/mol. The Morgan fingerprint density at radius 1 is 1.50 bits per heavy atom. The highest BCUT2D eigenvalue weighted by molar-refractivity contribution is 9.10. The number of rotatable bonds is 2. The molecule has 1 N–H and O–H groups in total. The summed E-state index contributed by atoms with van der Waals surface area (Å²) >= 11 is 3.09. The molecule has 0 heterocycles. The quantitative estimate of drug-likeness (QED) is 0.831. The van der Waals surface area contributed by atoms with Crippen LogP contribution >= 0.6 is 15.9 Å². The molecule has 66 valence electrons. The Kier molecular flexibility index (Phi) is 3.23. The maximum Gasteiger partial charge on any atom is 0.137 e. The minimum absolute atomic E-state index is 0.0961. The Hall–Kier alpha value is -0.410. The van der Waals surface area contributed by atoms with Crippen molar-refractivity contribution < 1.29 is 9.50 Å². The summed E-state index contributed by atoms with van der Waals surface area (Å²) in [6.45, 7) is 1.93. The molecule has 1 aromatic rings. The van der Waals surface area contributed by atoms with Gasteiger partial charge in [0, 0.05) is 6.61 Å². The molecule has 0 saturated carbocycles. The van der Waals surface area contributed by atoms with Crippen LogP contribution in [0.25, 0.3) is 0 Å². The van der Waals surface area contributed by atoms with Crippen LogP contribution in [0.3, 0.4) is 0 Å². The second-order valence-electron chi connectivity index (χ2n) is 2.67. The molecule has 0 unspecified atom stereocenters. The fraction of sp³-hybridized carbons (Fsp3) is 0.333. The average molecular weight is 233 g/mol. The lowest BCUT2D eigenvalue weighted by atomic mass is 10.1. The van der Waals surface area contributed by atoms with E-state index in [1.807, 2.05) is 6.92 Å². The first-order valence-corrected chi connectivity index (χ1v) is 4.50. The van der Waals surface area contributed by atoms with Gasteiger partial charge in [-0.1, -0.05) is 0 Å². The molecule has 1 aromatic carbocycles. The van der Waals surface area contributed by atoms with Gasteiger partial charge < -0.3 is 5.11 Å². The average Bonchev–Trinajstić information content (AvgIpc) is 2.01. The first-order valence-electron chi connectivity index (χ1n) is 3.70. The third-order valence-corrected chi connectivity index (χ3v) is 2.37. The van der Waals surface area contributed by atoms with E-state index in [4.69, 9.17) is 5.11 Å². The van der Waals surface area contributed by atoms with Crippen molar-refractivity contribution >= 4 is 15.9 Å². The highest BCUT2D eigenvalue weighted by atomic mass is 79.9. The van der Waals surface area contributed by atoms with E-state index >= 15 is 0 Å². The molecule has 0 spiro atoms. The lowest BCUT2D eigenvalue weighted by Gasteiger charge is -2.04. The van der Waals surface area contributed by atoms with Crippen LogP contribution in [0.2, 0.25) is 0 Å². The fourth-order valence-electron chi connectivity index (χ4n) is 1.08. The zero-order valence-corrected chi connectivity index (χ0v) is 8.36. The van der Waals surface area contributed by atoms with Crippen LogP contribution in [0, 0.1) is 12.7 Å². The van der Waals surface area contributed by atoms with Gasteiger partial charge in [0.05, 0.1) is 4.47 Å². The summed E-state index contributed by atoms with van der Waals surface area (Å²) in [5.74, 6) is -0.255. The smallest absolute Gasteiger partial charge is 0.137 e. The van der Waals surface area contributed by atoms with Gasteiger partial charge in [0.15, 0.2) is 0 Å². The lowest BCUT2D eigenvalue weighted by molar-refractivity contribution is 0.299. The Morgan fingerprint density at radius 2 is 2.17 bits per heavy atom. The molecule has 0 aromatic heterocycles. The molecule has 0 aliphatic heterocycles. The summed E-state index contributed by atoms with van der Waals surface area (Å²) in [6, 6.07) is 3.18. The number of aliphatic hydroxyl groups excluding tert-OH is 1. The van der Waals surface area contributed by atoms with Gasteiger partial charge in [0.2, 0.25) is 0 Å². The number of aryl methyl sites for hydroxylation is 1. The van der Waals surface area contributed by atoms with Gasteiger partial charge in [0.25, 0.3) is 0 Å². The molecule has 0 aliphatic rings. The van der Waals surface area contributed by atoms with E-state index in [-0.39, 0.29) is 12.4 Å². The molecule has 0 bridgehead atoms. The number of benzene rings is 1. The summed E-state index contributed by atoms with van der Waals surface area (Å²) < 4.78 is 13.3. The maximum absolute atomic E-state index is 12.9. The van der Waals surface area contributed by atoms with Gasteiger partial charge >= 0.3 is 0 Å². The van der Waals surface area contributed by atoms with E-state index in [1.54, 1.807) is 6.07 Å². The highest BCUT2D eigenvalue weighted by Crippen LogP contribution is 2.20. The molecule has 3 heteroatoms. The maximum atomic E-state index is 12.9. The number of hydrogen-bond acceptors (Lipinski definition) is 1. The van der Waals surface area contributed by atoms with E-state index in [0.717, 1.165) is 11.1 Å². The van der Waals surface area contributed by atoms with Crippen molar-refractivity contribution in [3.8, 4) is 0 Å². The molecule has 0 atom stereocenters. The van der Waals surface area contributed by atoms with E-state index in [1.165, 1.54) is 6.07 Å². The van der Waals surface area contributed by atoms with Crippen molar-refractivity contribution in [1.82, 2.24) is 0 Å². The van der Waals surface area contributed by atoms with Gasteiger partial charge in [0.1, 0.15) is 5.82 Å². The summed E-state index contributed by atoms with van der Waals surface area (Å²) in [5.41, 5.74) is 1.86. The zero-order chi connectivity index (χ0) is 9.14. The highest BCUT2D eigenvalue weighted by Gasteiger charge is 2.03. The van der Waals surface area contributed by atoms with Crippen LogP contribution in [0.15, 0.2) is 16.6 Å². The Morgan fingerprint density at radius 3 is 2.75 bits per heavy atom. The standard InChI is InChI=1S/C9H10BrFO/c1-6-4-9(11)8(10)5-7(6)2-3-12/h4-5,12H,2-3H2,1H3. The molecule has 1 rings (SSSR count). The first-order chi connectivity index (χ1) is 5.65. The number of halogens is 2. The van der Waals surface area contributed by atoms with Crippen LogP contribution in [-0.4, -0.2) is 11.7 Å². The fourth-order valence-corrected chi connectivity index (χ4v) is 1.47. The number of hydrogen-bond donors (Lipinski definition) is 1. The summed E-state index contributed by atoms with van der Waals surface area (Å²) in [7, 11) is 0. The van der Waals surface area contributed by atoms with Crippen molar-refractivity contribution in [2.24, 2.45) is 0 Å². The molecule has 0 saturated heterocycles. The van der Waals surface area contributed by atoms with Crippen LogP contribution in [0.4, 0.5) is 4.39 Å². The molecule has 0 radical (unpaired) electrons. The third-order valence-electron chi connectivity index (χ3n) is 1.76. The van der Waals surface area contributed by atoms with E-state index in [9.17, 15) is 4.39 Å². The molecule has 0 aliphatic carbocycles. The first kappa shape index (κ1) is 9.68. The van der Waals surface area contributed by atoms with Crippen LogP contribution in [0.5, 0.6) is 0 Å². The van der Waals surface area contributed by atoms with Crippen LogP contribution < -0.4 is 0 Å². The van der Waals surface area contributed by atoms with Gasteiger partial charge in [-0.3, -0.25) is 0 Å². The van der Waals surface area contributed by atoms with Crippen molar-refractivity contribution in [3.63, 3.8) is 0 Å². The minimum Gasteiger partial charge on any atom is -0.396 e. The topological polar surface area (TPSA) is 20.2 Å². The van der Waals surface area contributed by atoms with Crippen LogP contribution in [0.1, 0.15) is 11.1 Å². The molecule has 12 heavy (non-hydrogen) atoms. The summed E-state index contributed by atoms with van der Waals surface area (Å²) in [6.07, 6.45) is 0.574.